The fourth-order valence-electron chi connectivity index (χ4n) is 3.30. The van der Waals surface area contributed by atoms with E-state index < -0.39 is 29.3 Å². The van der Waals surface area contributed by atoms with Crippen molar-refractivity contribution in [2.24, 2.45) is 0 Å². The summed E-state index contributed by atoms with van der Waals surface area (Å²) in [5, 5.41) is 20.0. The first-order chi connectivity index (χ1) is 15.4. The number of aromatic nitrogens is 2. The molecule has 10 heteroatoms. The van der Waals surface area contributed by atoms with E-state index in [2.05, 4.69) is 10.2 Å². The Morgan fingerprint density at radius 1 is 1.16 bits per heavy atom. The molecule has 2 heterocycles. The number of ketones is 1. The minimum absolute atomic E-state index is 0.109. The van der Waals surface area contributed by atoms with Crippen LogP contribution in [0.15, 0.2) is 58.4 Å². The average Bonchev–Trinajstić information content (AvgIpc) is 3.35. The lowest BCUT2D eigenvalue weighted by molar-refractivity contribution is -0.132. The van der Waals surface area contributed by atoms with Gasteiger partial charge in [-0.1, -0.05) is 53.8 Å². The van der Waals surface area contributed by atoms with E-state index in [1.54, 1.807) is 24.3 Å². The molecular formula is C22H17ClFN3O3S2. The highest BCUT2D eigenvalue weighted by molar-refractivity contribution is 8.01. The van der Waals surface area contributed by atoms with Crippen molar-refractivity contribution in [3.63, 3.8) is 0 Å². The number of hydrogen-bond acceptors (Lipinski definition) is 7. The number of thioether (sulfide) groups is 1. The Kier molecular flexibility index (Phi) is 6.59. The van der Waals surface area contributed by atoms with Crippen molar-refractivity contribution < 1.29 is 19.1 Å². The molecule has 0 saturated carbocycles. The molecule has 32 heavy (non-hydrogen) atoms. The van der Waals surface area contributed by atoms with Gasteiger partial charge in [0, 0.05) is 16.3 Å². The van der Waals surface area contributed by atoms with E-state index in [4.69, 9.17) is 11.6 Å². The van der Waals surface area contributed by atoms with Crippen LogP contribution in [0.25, 0.3) is 5.76 Å². The third-order valence-corrected chi connectivity index (χ3v) is 7.29. The molecule has 0 radical (unpaired) electrons. The molecule has 2 aromatic carbocycles. The molecule has 6 nitrogen and oxygen atoms in total. The monoisotopic (exact) mass is 489 g/mol. The van der Waals surface area contributed by atoms with Crippen LogP contribution in [0.3, 0.4) is 0 Å². The summed E-state index contributed by atoms with van der Waals surface area (Å²) in [6.45, 7) is 2.05. The van der Waals surface area contributed by atoms with E-state index in [9.17, 15) is 19.1 Å². The summed E-state index contributed by atoms with van der Waals surface area (Å²) in [6, 6.07) is 10.7. The number of hydrogen-bond donors (Lipinski definition) is 1. The first kappa shape index (κ1) is 22.4. The highest BCUT2D eigenvalue weighted by Crippen LogP contribution is 2.44. The molecule has 1 saturated heterocycles. The Morgan fingerprint density at radius 3 is 2.50 bits per heavy atom. The molecule has 0 bridgehead atoms. The number of aliphatic hydroxyl groups excluding tert-OH is 1. The molecule has 164 valence electrons. The lowest BCUT2D eigenvalue weighted by atomic mass is 9.95. The van der Waals surface area contributed by atoms with Crippen LogP contribution in [0.5, 0.6) is 0 Å². The molecule has 4 rings (SSSR count). The van der Waals surface area contributed by atoms with Crippen molar-refractivity contribution in [3.05, 3.63) is 76.1 Å². The molecule has 1 aromatic heterocycles. The Labute approximate surface area is 196 Å². The Hall–Kier alpha value is -2.75. The van der Waals surface area contributed by atoms with Crippen LogP contribution in [0.1, 0.15) is 30.5 Å². The van der Waals surface area contributed by atoms with Gasteiger partial charge in [0.05, 0.1) is 11.6 Å². The van der Waals surface area contributed by atoms with Crippen LogP contribution in [-0.4, -0.2) is 32.7 Å². The molecule has 1 fully saturated rings. The normalized spacial score (nSPS) is 17.8. The first-order valence-corrected chi connectivity index (χ1v) is 11.9. The first-order valence-electron chi connectivity index (χ1n) is 9.69. The van der Waals surface area contributed by atoms with Gasteiger partial charge in [0.2, 0.25) is 5.13 Å². The van der Waals surface area contributed by atoms with E-state index in [0.717, 1.165) is 12.2 Å². The summed E-state index contributed by atoms with van der Waals surface area (Å²) in [4.78, 5) is 27.3. The second kappa shape index (κ2) is 9.40. The molecule has 1 N–H and O–H groups in total. The lowest BCUT2D eigenvalue weighted by Crippen LogP contribution is -2.29. The Balaban J connectivity index is 1.86. The van der Waals surface area contributed by atoms with Crippen molar-refractivity contribution in [2.75, 3.05) is 10.7 Å². The maximum Gasteiger partial charge on any atom is 0.301 e. The zero-order valence-corrected chi connectivity index (χ0v) is 19.2. The summed E-state index contributed by atoms with van der Waals surface area (Å²) in [7, 11) is 0. The van der Waals surface area contributed by atoms with E-state index in [-0.39, 0.29) is 16.3 Å². The zero-order valence-electron chi connectivity index (χ0n) is 16.8. The molecular weight excluding hydrogens is 473 g/mol. The quantitative estimate of drug-likeness (QED) is 0.163. The zero-order chi connectivity index (χ0) is 22.8. The Morgan fingerprint density at radius 2 is 1.84 bits per heavy atom. The smallest absolute Gasteiger partial charge is 0.301 e. The van der Waals surface area contributed by atoms with E-state index in [1.807, 2.05) is 6.92 Å². The number of rotatable bonds is 6. The predicted octanol–water partition coefficient (Wildman–Crippen LogP) is 5.46. The predicted molar refractivity (Wildman–Crippen MR) is 124 cm³/mol. The van der Waals surface area contributed by atoms with Gasteiger partial charge < -0.3 is 5.11 Å². The molecule has 0 aliphatic carbocycles. The third-order valence-electron chi connectivity index (χ3n) is 4.78. The van der Waals surface area contributed by atoms with Crippen molar-refractivity contribution in [3.8, 4) is 0 Å². The number of halogens is 2. The van der Waals surface area contributed by atoms with Crippen molar-refractivity contribution in [2.45, 2.75) is 23.7 Å². The molecule has 1 aliphatic heterocycles. The highest BCUT2D eigenvalue weighted by Gasteiger charge is 2.48. The van der Waals surface area contributed by atoms with Gasteiger partial charge in [-0.2, -0.15) is 0 Å². The maximum atomic E-state index is 13.4. The van der Waals surface area contributed by atoms with Crippen molar-refractivity contribution in [1.29, 1.82) is 0 Å². The van der Waals surface area contributed by atoms with E-state index in [0.29, 0.717) is 14.9 Å². The SMILES string of the molecule is CCCSc1nnc(N2C(=O)C(=O)/C(=C(/O)c3ccc(F)cc3)C2c2ccc(Cl)cc2)s1. The number of anilines is 1. The van der Waals surface area contributed by atoms with Crippen LogP contribution in [0, 0.1) is 5.82 Å². The number of carbonyl (C=O) groups is 2. The van der Waals surface area contributed by atoms with Gasteiger partial charge in [-0.05, 0) is 48.4 Å². The fourth-order valence-corrected chi connectivity index (χ4v) is 5.22. The van der Waals surface area contributed by atoms with Crippen LogP contribution in [0.2, 0.25) is 5.02 Å². The van der Waals surface area contributed by atoms with Gasteiger partial charge in [-0.15, -0.1) is 10.2 Å². The van der Waals surface area contributed by atoms with Gasteiger partial charge in [0.15, 0.2) is 4.34 Å². The molecule has 3 aromatic rings. The van der Waals surface area contributed by atoms with E-state index >= 15 is 0 Å². The second-order valence-electron chi connectivity index (χ2n) is 6.93. The number of aliphatic hydroxyl groups is 1. The molecule has 1 amide bonds. The van der Waals surface area contributed by atoms with Gasteiger partial charge >= 0.3 is 5.91 Å². The topological polar surface area (TPSA) is 83.4 Å². The van der Waals surface area contributed by atoms with Gasteiger partial charge in [-0.3, -0.25) is 14.5 Å². The standard InChI is InChI=1S/C22H17ClFN3O3S2/c1-2-11-31-22-26-25-21(32-22)27-17(12-3-7-14(23)8-4-12)16(19(29)20(27)30)18(28)13-5-9-15(24)10-6-13/h3-10,17,28H,2,11H2,1H3/b18-16+. The minimum atomic E-state index is -0.936. The molecule has 0 spiro atoms. The van der Waals surface area contributed by atoms with Crippen LogP contribution < -0.4 is 4.90 Å². The summed E-state index contributed by atoms with van der Waals surface area (Å²) in [5.41, 5.74) is 0.678. The number of nitrogens with zero attached hydrogens (tertiary/aromatic N) is 3. The van der Waals surface area contributed by atoms with Gasteiger partial charge in [0.25, 0.3) is 5.78 Å². The van der Waals surface area contributed by atoms with E-state index in [1.165, 1.54) is 52.3 Å². The average molecular weight is 490 g/mol. The number of amides is 1. The van der Waals surface area contributed by atoms with Gasteiger partial charge in [0.1, 0.15) is 11.6 Å². The lowest BCUT2D eigenvalue weighted by Gasteiger charge is -2.22. The van der Waals surface area contributed by atoms with Crippen molar-refractivity contribution >= 4 is 57.3 Å². The van der Waals surface area contributed by atoms with Crippen LogP contribution in [0.4, 0.5) is 9.52 Å². The molecule has 1 atom stereocenters. The van der Waals surface area contributed by atoms with Gasteiger partial charge in [-0.25, -0.2) is 4.39 Å². The molecule has 1 aliphatic rings. The summed E-state index contributed by atoms with van der Waals surface area (Å²) >= 11 is 8.74. The summed E-state index contributed by atoms with van der Waals surface area (Å²) in [5.74, 6) is -1.71. The Bertz CT molecular complexity index is 1200. The summed E-state index contributed by atoms with van der Waals surface area (Å²) in [6.07, 6.45) is 0.951. The number of Topliss-reactive ketones (excluding diaryl/α,β-unsaturated/α-hetero) is 1. The number of benzene rings is 2. The second-order valence-corrected chi connectivity index (χ2v) is 9.66. The van der Waals surface area contributed by atoms with Crippen molar-refractivity contribution in [1.82, 2.24) is 10.2 Å². The third kappa shape index (κ3) is 4.28. The van der Waals surface area contributed by atoms with Crippen LogP contribution >= 0.6 is 34.7 Å². The summed E-state index contributed by atoms with van der Waals surface area (Å²) < 4.78 is 14.0. The number of carbonyl (C=O) groups excluding carboxylic acids is 2. The minimum Gasteiger partial charge on any atom is -0.507 e. The van der Waals surface area contributed by atoms with Crippen LogP contribution in [-0.2, 0) is 9.59 Å². The fraction of sp³-hybridized carbons (Fsp3) is 0.182. The molecule has 1 unspecified atom stereocenters. The maximum absolute atomic E-state index is 13.4. The highest BCUT2D eigenvalue weighted by atomic mass is 35.5. The largest absolute Gasteiger partial charge is 0.507 e.